The number of H-pyrrole nitrogens is 2. The average molecular weight is 457 g/mol. The largest absolute Gasteiger partial charge is 0.491 e. The maximum Gasteiger partial charge on any atom is 0.224 e. The van der Waals surface area contributed by atoms with Crippen LogP contribution in [0.1, 0.15) is 16.7 Å². The summed E-state index contributed by atoms with van der Waals surface area (Å²) in [4.78, 5) is 15.5. The summed E-state index contributed by atoms with van der Waals surface area (Å²) in [6.07, 6.45) is 7.28. The average Bonchev–Trinajstić information content (AvgIpc) is 3.47. The van der Waals surface area contributed by atoms with E-state index in [4.69, 9.17) is 15.2 Å². The molecule has 8 heteroatoms. The third-order valence-corrected chi connectivity index (χ3v) is 5.88. The van der Waals surface area contributed by atoms with Crippen LogP contribution in [0, 0.1) is 0 Å². The Balaban J connectivity index is 1.20. The van der Waals surface area contributed by atoms with Crippen molar-refractivity contribution in [3.8, 4) is 5.75 Å². The van der Waals surface area contributed by atoms with Crippen molar-refractivity contribution in [3.05, 3.63) is 77.7 Å². The van der Waals surface area contributed by atoms with Crippen LogP contribution in [0.15, 0.2) is 61.1 Å². The molecule has 5 N–H and O–H groups in total. The number of anilines is 2. The van der Waals surface area contributed by atoms with Gasteiger partial charge in [-0.25, -0.2) is 4.98 Å². The second-order valence-corrected chi connectivity index (χ2v) is 8.22. The van der Waals surface area contributed by atoms with Gasteiger partial charge in [0, 0.05) is 60.6 Å². The Morgan fingerprint density at radius 1 is 1.00 bits per heavy atom. The van der Waals surface area contributed by atoms with Crippen molar-refractivity contribution in [2.24, 2.45) is 0 Å². The minimum Gasteiger partial charge on any atom is -0.491 e. The summed E-state index contributed by atoms with van der Waals surface area (Å²) in [7, 11) is 1.67. The maximum absolute atomic E-state index is 6.24. The first kappa shape index (κ1) is 21.8. The molecule has 174 valence electrons. The molecule has 0 amide bonds. The van der Waals surface area contributed by atoms with Crippen LogP contribution in [0.5, 0.6) is 5.75 Å². The van der Waals surface area contributed by atoms with Crippen molar-refractivity contribution >= 4 is 33.6 Å². The van der Waals surface area contributed by atoms with E-state index >= 15 is 0 Å². The molecule has 0 bridgehead atoms. The number of nitrogens with one attached hydrogen (secondary N) is 3. The molecule has 0 radical (unpaired) electrons. The molecule has 0 fully saturated rings. The van der Waals surface area contributed by atoms with Crippen molar-refractivity contribution < 1.29 is 9.47 Å². The lowest BCUT2D eigenvalue weighted by Crippen LogP contribution is -2.10. The van der Waals surface area contributed by atoms with Gasteiger partial charge in [0.15, 0.2) is 0 Å². The van der Waals surface area contributed by atoms with Crippen molar-refractivity contribution in [1.82, 2.24) is 19.9 Å². The second kappa shape index (κ2) is 9.84. The topological polar surface area (TPSA) is 114 Å². The number of nitrogens with zero attached hydrogens (tertiary/aromatic N) is 2. The van der Waals surface area contributed by atoms with Gasteiger partial charge < -0.3 is 30.5 Å². The van der Waals surface area contributed by atoms with Crippen LogP contribution < -0.4 is 15.8 Å². The molecule has 0 aliphatic rings. The number of benzene rings is 2. The molecule has 0 saturated heterocycles. The molecular weight excluding hydrogens is 428 g/mol. The zero-order valence-corrected chi connectivity index (χ0v) is 19.1. The van der Waals surface area contributed by atoms with E-state index in [-0.39, 0.29) is 0 Å². The van der Waals surface area contributed by atoms with E-state index in [2.05, 4.69) is 55.6 Å². The molecule has 0 spiro atoms. The number of nitrogens with two attached hydrogens (primary N) is 1. The van der Waals surface area contributed by atoms with Crippen LogP contribution in [0.3, 0.4) is 0 Å². The van der Waals surface area contributed by atoms with Gasteiger partial charge in [0.1, 0.15) is 18.2 Å². The van der Waals surface area contributed by atoms with Crippen LogP contribution in [0.4, 0.5) is 11.8 Å². The van der Waals surface area contributed by atoms with Gasteiger partial charge in [-0.15, -0.1) is 0 Å². The van der Waals surface area contributed by atoms with E-state index in [0.29, 0.717) is 37.9 Å². The molecular formula is C26H28N6O2. The number of hydrogen-bond acceptors (Lipinski definition) is 6. The molecule has 8 nitrogen and oxygen atoms in total. The van der Waals surface area contributed by atoms with E-state index in [9.17, 15) is 0 Å². The van der Waals surface area contributed by atoms with Crippen LogP contribution >= 0.6 is 0 Å². The molecule has 3 aromatic heterocycles. The Morgan fingerprint density at radius 2 is 1.91 bits per heavy atom. The lowest BCUT2D eigenvalue weighted by molar-refractivity contribution is 0.146. The first-order valence-corrected chi connectivity index (χ1v) is 11.3. The third-order valence-electron chi connectivity index (χ3n) is 5.88. The Hall–Kier alpha value is -4.04. The lowest BCUT2D eigenvalue weighted by atomic mass is 10.1. The standard InChI is InChI=1S/C26H28N6O2/c1-33-10-11-34-21-3-5-24-22(14-21)19(15-30-24)7-9-29-26-31-16-20(25(27)32-26)13-17-2-4-23-18(12-17)6-8-28-23/h2-6,8,12,14-16,28,30H,7,9-11,13H2,1H3,(H3,27,29,31,32). The number of hydrogen-bond donors (Lipinski definition) is 4. The number of ether oxygens (including phenoxy) is 2. The van der Waals surface area contributed by atoms with Crippen LogP contribution in [0.25, 0.3) is 21.8 Å². The molecule has 0 saturated carbocycles. The molecule has 0 aliphatic heterocycles. The minimum absolute atomic E-state index is 0.497. The van der Waals surface area contributed by atoms with Crippen LogP contribution in [-0.2, 0) is 17.6 Å². The summed E-state index contributed by atoms with van der Waals surface area (Å²) in [5.74, 6) is 1.86. The Labute approximate surface area is 197 Å². The molecule has 0 unspecified atom stereocenters. The fourth-order valence-corrected chi connectivity index (χ4v) is 4.08. The summed E-state index contributed by atoms with van der Waals surface area (Å²) in [6.45, 7) is 1.77. The number of methoxy groups -OCH3 is 1. The zero-order chi connectivity index (χ0) is 23.3. The Bertz CT molecular complexity index is 1410. The van der Waals surface area contributed by atoms with E-state index in [1.54, 1.807) is 13.3 Å². The van der Waals surface area contributed by atoms with Gasteiger partial charge in [-0.1, -0.05) is 6.07 Å². The van der Waals surface area contributed by atoms with Gasteiger partial charge in [0.25, 0.3) is 0 Å². The maximum atomic E-state index is 6.24. The number of fused-ring (bicyclic) bond motifs is 2. The first-order chi connectivity index (χ1) is 16.7. The van der Waals surface area contributed by atoms with Crippen molar-refractivity contribution in [2.75, 3.05) is 37.9 Å². The fraction of sp³-hybridized carbons (Fsp3) is 0.231. The highest BCUT2D eigenvalue weighted by Gasteiger charge is 2.09. The minimum atomic E-state index is 0.497. The number of aromatic amines is 2. The molecule has 34 heavy (non-hydrogen) atoms. The predicted molar refractivity (Wildman–Crippen MR) is 135 cm³/mol. The normalized spacial score (nSPS) is 11.3. The number of aromatic nitrogens is 4. The Kier molecular flexibility index (Phi) is 6.31. The smallest absolute Gasteiger partial charge is 0.224 e. The highest BCUT2D eigenvalue weighted by Crippen LogP contribution is 2.24. The second-order valence-electron chi connectivity index (χ2n) is 8.22. The zero-order valence-electron chi connectivity index (χ0n) is 19.1. The van der Waals surface area contributed by atoms with Gasteiger partial charge in [-0.2, -0.15) is 4.98 Å². The van der Waals surface area contributed by atoms with Crippen molar-refractivity contribution in [2.45, 2.75) is 12.8 Å². The molecule has 0 aliphatic carbocycles. The summed E-state index contributed by atoms with van der Waals surface area (Å²) >= 11 is 0. The quantitative estimate of drug-likeness (QED) is 0.233. The Morgan fingerprint density at radius 3 is 2.79 bits per heavy atom. The predicted octanol–water partition coefficient (Wildman–Crippen LogP) is 4.29. The van der Waals surface area contributed by atoms with Crippen molar-refractivity contribution in [1.29, 1.82) is 0 Å². The van der Waals surface area contributed by atoms with Crippen LogP contribution in [0.2, 0.25) is 0 Å². The lowest BCUT2D eigenvalue weighted by Gasteiger charge is -2.09. The van der Waals surface area contributed by atoms with E-state index < -0.39 is 0 Å². The van der Waals surface area contributed by atoms with Gasteiger partial charge in [-0.3, -0.25) is 0 Å². The van der Waals surface area contributed by atoms with Gasteiger partial charge in [-0.05, 0) is 59.3 Å². The highest BCUT2D eigenvalue weighted by molar-refractivity contribution is 5.84. The van der Waals surface area contributed by atoms with E-state index in [1.165, 1.54) is 16.5 Å². The monoisotopic (exact) mass is 456 g/mol. The highest BCUT2D eigenvalue weighted by atomic mass is 16.5. The fourth-order valence-electron chi connectivity index (χ4n) is 4.08. The van der Waals surface area contributed by atoms with Gasteiger partial charge in [0.05, 0.1) is 6.61 Å². The summed E-state index contributed by atoms with van der Waals surface area (Å²) in [5, 5.41) is 5.62. The first-order valence-electron chi connectivity index (χ1n) is 11.3. The molecule has 5 aromatic rings. The molecule has 5 rings (SSSR count). The van der Waals surface area contributed by atoms with Gasteiger partial charge >= 0.3 is 0 Å². The summed E-state index contributed by atoms with van der Waals surface area (Å²) < 4.78 is 10.8. The van der Waals surface area contributed by atoms with Crippen LogP contribution in [-0.4, -0.2) is 46.8 Å². The van der Waals surface area contributed by atoms with Gasteiger partial charge in [0.2, 0.25) is 5.95 Å². The van der Waals surface area contributed by atoms with Crippen molar-refractivity contribution in [3.63, 3.8) is 0 Å². The molecule has 3 heterocycles. The number of nitrogen functional groups attached to an aromatic ring is 1. The summed E-state index contributed by atoms with van der Waals surface area (Å²) in [6, 6.07) is 14.5. The number of rotatable bonds is 10. The van der Waals surface area contributed by atoms with E-state index in [1.807, 2.05) is 24.5 Å². The third kappa shape index (κ3) is 4.82. The summed E-state index contributed by atoms with van der Waals surface area (Å²) in [5.41, 5.74) is 11.7. The molecule has 0 atom stereocenters. The SMILES string of the molecule is COCCOc1ccc2[nH]cc(CCNc3ncc(Cc4ccc5[nH]ccc5c4)c(N)n3)c2c1. The van der Waals surface area contributed by atoms with E-state index in [0.717, 1.165) is 34.2 Å². The molecule has 2 aromatic carbocycles.